The standard InChI is InChI=1S/C28H31N3O5/c1-7-28-21-20(23(32)31(24(21)33)27(3,4)5)22(17-11-13-19(36-6)14-12-17)30(28)26(35)29(25(28)34)18-10-8-9-16(2)15-18/h8-15,20-22H,7H2,1-6H3/t20?,21?,22?,28-/m1/s1. The summed E-state index contributed by atoms with van der Waals surface area (Å²) in [7, 11) is 1.56. The average molecular weight is 490 g/mol. The van der Waals surface area contributed by atoms with Crippen LogP contribution in [0.2, 0.25) is 0 Å². The molecule has 3 heterocycles. The van der Waals surface area contributed by atoms with Crippen LogP contribution in [-0.4, -0.2) is 51.7 Å². The second-order valence-electron chi connectivity index (χ2n) is 10.8. The third-order valence-electron chi connectivity index (χ3n) is 7.81. The Morgan fingerprint density at radius 3 is 2.19 bits per heavy atom. The van der Waals surface area contributed by atoms with Crippen LogP contribution in [-0.2, 0) is 14.4 Å². The maximum Gasteiger partial charge on any atom is 0.332 e. The lowest BCUT2D eigenvalue weighted by Gasteiger charge is -2.37. The van der Waals surface area contributed by atoms with Crippen LogP contribution in [0.1, 0.15) is 51.3 Å². The molecule has 0 spiro atoms. The second-order valence-corrected chi connectivity index (χ2v) is 10.8. The predicted molar refractivity (Wildman–Crippen MR) is 133 cm³/mol. The Morgan fingerprint density at radius 1 is 0.972 bits per heavy atom. The van der Waals surface area contributed by atoms with E-state index in [-0.39, 0.29) is 12.3 Å². The molecule has 0 N–H and O–H groups in total. The summed E-state index contributed by atoms with van der Waals surface area (Å²) in [5, 5.41) is 0. The van der Waals surface area contributed by atoms with Gasteiger partial charge in [0.05, 0.1) is 30.7 Å². The minimum Gasteiger partial charge on any atom is -0.497 e. The highest BCUT2D eigenvalue weighted by Crippen LogP contribution is 2.60. The molecule has 4 atom stereocenters. The molecule has 0 aliphatic carbocycles. The van der Waals surface area contributed by atoms with E-state index in [9.17, 15) is 19.2 Å². The number of nitrogens with zero attached hydrogens (tertiary/aromatic N) is 3. The molecule has 2 aromatic rings. The van der Waals surface area contributed by atoms with Crippen LogP contribution >= 0.6 is 0 Å². The molecule has 3 unspecified atom stereocenters. The molecular weight excluding hydrogens is 458 g/mol. The smallest absolute Gasteiger partial charge is 0.332 e. The van der Waals surface area contributed by atoms with Crippen molar-refractivity contribution in [1.29, 1.82) is 0 Å². The van der Waals surface area contributed by atoms with Gasteiger partial charge in [-0.2, -0.15) is 0 Å². The molecule has 0 bridgehead atoms. The van der Waals surface area contributed by atoms with E-state index in [4.69, 9.17) is 4.74 Å². The van der Waals surface area contributed by atoms with Crippen molar-refractivity contribution in [3.8, 4) is 5.75 Å². The Kier molecular flexibility index (Phi) is 5.28. The fourth-order valence-electron chi connectivity index (χ4n) is 6.34. The lowest BCUT2D eigenvalue weighted by atomic mass is 9.77. The van der Waals surface area contributed by atoms with Gasteiger partial charge in [-0.1, -0.05) is 31.2 Å². The lowest BCUT2D eigenvalue weighted by molar-refractivity contribution is -0.149. The van der Waals surface area contributed by atoms with Crippen molar-refractivity contribution < 1.29 is 23.9 Å². The van der Waals surface area contributed by atoms with Gasteiger partial charge in [-0.3, -0.25) is 19.3 Å². The van der Waals surface area contributed by atoms with Crippen LogP contribution in [0.25, 0.3) is 0 Å². The van der Waals surface area contributed by atoms with Gasteiger partial charge in [-0.15, -0.1) is 0 Å². The number of hydrogen-bond donors (Lipinski definition) is 0. The largest absolute Gasteiger partial charge is 0.497 e. The topological polar surface area (TPSA) is 87.2 Å². The number of rotatable bonds is 4. The molecule has 0 aromatic heterocycles. The molecule has 8 heteroatoms. The summed E-state index contributed by atoms with van der Waals surface area (Å²) in [5.74, 6) is -2.38. The Hall–Kier alpha value is -3.68. The Bertz CT molecular complexity index is 1280. The highest BCUT2D eigenvalue weighted by Gasteiger charge is 2.77. The Balaban J connectivity index is 1.74. The molecule has 5 rings (SSSR count). The summed E-state index contributed by atoms with van der Waals surface area (Å²) in [4.78, 5) is 60.1. The highest BCUT2D eigenvalue weighted by atomic mass is 16.5. The van der Waals surface area contributed by atoms with Crippen molar-refractivity contribution in [2.75, 3.05) is 12.0 Å². The number of benzene rings is 2. The van der Waals surface area contributed by atoms with E-state index in [1.165, 1.54) is 14.7 Å². The van der Waals surface area contributed by atoms with Crippen LogP contribution in [0.5, 0.6) is 5.75 Å². The van der Waals surface area contributed by atoms with E-state index in [1.54, 1.807) is 49.6 Å². The zero-order chi connectivity index (χ0) is 26.2. The van der Waals surface area contributed by atoms with E-state index in [2.05, 4.69) is 0 Å². The van der Waals surface area contributed by atoms with Crippen molar-refractivity contribution in [1.82, 2.24) is 9.80 Å². The number of imide groups is 2. The zero-order valence-electron chi connectivity index (χ0n) is 21.4. The molecule has 0 radical (unpaired) electrons. The summed E-state index contributed by atoms with van der Waals surface area (Å²) in [6.07, 6.45) is 0.213. The number of amides is 5. The van der Waals surface area contributed by atoms with Gasteiger partial charge >= 0.3 is 6.03 Å². The van der Waals surface area contributed by atoms with E-state index in [1.807, 2.05) is 40.7 Å². The third-order valence-corrected chi connectivity index (χ3v) is 7.81. The monoisotopic (exact) mass is 489 g/mol. The van der Waals surface area contributed by atoms with Crippen LogP contribution in [0.15, 0.2) is 48.5 Å². The molecule has 0 saturated carbocycles. The lowest BCUT2D eigenvalue weighted by Crippen LogP contribution is -2.55. The molecule has 188 valence electrons. The first-order chi connectivity index (χ1) is 17.0. The van der Waals surface area contributed by atoms with E-state index < -0.39 is 46.8 Å². The van der Waals surface area contributed by atoms with Crippen molar-refractivity contribution in [3.63, 3.8) is 0 Å². The third kappa shape index (κ3) is 2.99. The number of aryl methyl sites for hydroxylation is 1. The average Bonchev–Trinajstić information content (AvgIpc) is 3.37. The van der Waals surface area contributed by atoms with Crippen molar-refractivity contribution in [2.45, 2.75) is 58.2 Å². The van der Waals surface area contributed by atoms with Crippen molar-refractivity contribution in [3.05, 3.63) is 59.7 Å². The number of hydrogen-bond acceptors (Lipinski definition) is 5. The van der Waals surface area contributed by atoms with E-state index in [0.29, 0.717) is 17.0 Å². The van der Waals surface area contributed by atoms with Crippen LogP contribution < -0.4 is 9.64 Å². The first-order valence-electron chi connectivity index (χ1n) is 12.3. The number of methoxy groups -OCH3 is 1. The molecule has 8 nitrogen and oxygen atoms in total. The van der Waals surface area contributed by atoms with Crippen LogP contribution in [0, 0.1) is 18.8 Å². The minimum atomic E-state index is -1.46. The van der Waals surface area contributed by atoms with Crippen LogP contribution in [0.4, 0.5) is 10.5 Å². The second kappa shape index (κ2) is 7.91. The van der Waals surface area contributed by atoms with Crippen molar-refractivity contribution in [2.24, 2.45) is 11.8 Å². The van der Waals surface area contributed by atoms with E-state index in [0.717, 1.165) is 5.56 Å². The molecule has 3 aliphatic heterocycles. The quantitative estimate of drug-likeness (QED) is 0.477. The van der Waals surface area contributed by atoms with Gasteiger partial charge in [-0.05, 0) is 69.5 Å². The number of carbonyl (C=O) groups excluding carboxylic acids is 4. The fourth-order valence-corrected chi connectivity index (χ4v) is 6.34. The maximum absolute atomic E-state index is 14.3. The number of anilines is 1. The first-order valence-corrected chi connectivity index (χ1v) is 12.3. The molecular formula is C28H31N3O5. The minimum absolute atomic E-state index is 0.213. The Labute approximate surface area is 210 Å². The predicted octanol–water partition coefficient (Wildman–Crippen LogP) is 4.08. The molecule has 3 aliphatic rings. The van der Waals surface area contributed by atoms with Gasteiger partial charge in [-0.25, -0.2) is 9.69 Å². The summed E-state index contributed by atoms with van der Waals surface area (Å²) >= 11 is 0. The maximum atomic E-state index is 14.3. The van der Waals surface area contributed by atoms with Gasteiger partial charge in [0, 0.05) is 5.54 Å². The van der Waals surface area contributed by atoms with Crippen molar-refractivity contribution >= 4 is 29.4 Å². The number of ether oxygens (including phenoxy) is 1. The normalized spacial score (nSPS) is 27.7. The SMILES string of the molecule is CC[C@@]12C(=O)N(c3cccc(C)c3)C(=O)N1C(c1ccc(OC)cc1)C1C(=O)N(C(C)(C)C)C(=O)C12. The zero-order valence-corrected chi connectivity index (χ0v) is 21.4. The van der Waals surface area contributed by atoms with Gasteiger partial charge in [0.25, 0.3) is 5.91 Å². The number of fused-ring (bicyclic) bond motifs is 3. The number of carbonyl (C=O) groups is 4. The number of likely N-dealkylation sites (tertiary alicyclic amines) is 1. The fraction of sp³-hybridized carbons (Fsp3) is 0.429. The summed E-state index contributed by atoms with van der Waals surface area (Å²) in [5.41, 5.74) is -0.165. The van der Waals surface area contributed by atoms with Gasteiger partial charge in [0.2, 0.25) is 11.8 Å². The summed E-state index contributed by atoms with van der Waals surface area (Å²) in [6, 6.07) is 13.0. The van der Waals surface area contributed by atoms with E-state index >= 15 is 0 Å². The molecule has 3 fully saturated rings. The highest BCUT2D eigenvalue weighted by molar-refractivity contribution is 6.26. The Morgan fingerprint density at radius 2 is 1.64 bits per heavy atom. The summed E-state index contributed by atoms with van der Waals surface area (Å²) < 4.78 is 5.30. The van der Waals surface area contributed by atoms with Crippen LogP contribution in [0.3, 0.4) is 0 Å². The van der Waals surface area contributed by atoms with Gasteiger partial charge < -0.3 is 9.64 Å². The summed E-state index contributed by atoms with van der Waals surface area (Å²) in [6.45, 7) is 9.13. The first kappa shape index (κ1) is 24.0. The molecule has 5 amide bonds. The van der Waals surface area contributed by atoms with Gasteiger partial charge in [0.1, 0.15) is 11.3 Å². The molecule has 36 heavy (non-hydrogen) atoms. The van der Waals surface area contributed by atoms with Gasteiger partial charge in [0.15, 0.2) is 0 Å². The molecule has 2 aromatic carbocycles. The number of urea groups is 1. The molecule has 3 saturated heterocycles.